The molecule has 6 nitrogen and oxygen atoms in total. The maximum absolute atomic E-state index is 12.9. The fourth-order valence-electron chi connectivity index (χ4n) is 3.76. The lowest BCUT2D eigenvalue weighted by molar-refractivity contribution is -0.132. The molecule has 2 amide bonds. The van der Waals surface area contributed by atoms with E-state index >= 15 is 0 Å². The van der Waals surface area contributed by atoms with Crippen molar-refractivity contribution in [1.82, 2.24) is 19.7 Å². The van der Waals surface area contributed by atoms with Gasteiger partial charge >= 0.3 is 0 Å². The summed E-state index contributed by atoms with van der Waals surface area (Å²) >= 11 is 0. The third-order valence-electron chi connectivity index (χ3n) is 5.70. The van der Waals surface area contributed by atoms with Crippen LogP contribution in [0.5, 0.6) is 0 Å². The molecule has 0 bridgehead atoms. The first-order valence-electron chi connectivity index (χ1n) is 10.8. The highest BCUT2D eigenvalue weighted by Gasteiger charge is 2.25. The van der Waals surface area contributed by atoms with E-state index in [9.17, 15) is 9.59 Å². The molecule has 6 heteroatoms. The topological polar surface area (TPSA) is 56.8 Å². The number of hydrogen-bond donors (Lipinski definition) is 0. The number of rotatable bonds is 7. The molecular formula is C24H32N4O2. The highest BCUT2D eigenvalue weighted by atomic mass is 16.2. The van der Waals surface area contributed by atoms with Crippen molar-refractivity contribution in [2.24, 2.45) is 0 Å². The van der Waals surface area contributed by atoms with E-state index in [1.807, 2.05) is 52.3 Å². The summed E-state index contributed by atoms with van der Waals surface area (Å²) in [6.07, 6.45) is 2.01. The van der Waals surface area contributed by atoms with E-state index in [0.717, 1.165) is 18.8 Å². The minimum absolute atomic E-state index is 0.0367. The van der Waals surface area contributed by atoms with E-state index in [2.05, 4.69) is 30.7 Å². The molecule has 0 N–H and O–H groups in total. The van der Waals surface area contributed by atoms with Crippen molar-refractivity contribution < 1.29 is 9.59 Å². The van der Waals surface area contributed by atoms with Crippen LogP contribution in [0.15, 0.2) is 48.7 Å². The van der Waals surface area contributed by atoms with Crippen molar-refractivity contribution in [2.75, 3.05) is 32.7 Å². The summed E-state index contributed by atoms with van der Waals surface area (Å²) in [5, 5.41) is 0. The van der Waals surface area contributed by atoms with Gasteiger partial charge in [-0.3, -0.25) is 19.5 Å². The minimum Gasteiger partial charge on any atom is -0.339 e. The van der Waals surface area contributed by atoms with E-state index in [1.54, 1.807) is 6.20 Å². The molecule has 0 saturated carbocycles. The van der Waals surface area contributed by atoms with E-state index in [-0.39, 0.29) is 11.8 Å². The Morgan fingerprint density at radius 2 is 1.67 bits per heavy atom. The smallest absolute Gasteiger partial charge is 0.253 e. The van der Waals surface area contributed by atoms with Gasteiger partial charge in [0.15, 0.2) is 0 Å². The minimum atomic E-state index is 0.0367. The maximum Gasteiger partial charge on any atom is 0.253 e. The van der Waals surface area contributed by atoms with Gasteiger partial charge in [0, 0.05) is 56.2 Å². The zero-order chi connectivity index (χ0) is 21.5. The van der Waals surface area contributed by atoms with Gasteiger partial charge in [-0.15, -0.1) is 0 Å². The van der Waals surface area contributed by atoms with Crippen LogP contribution in [0, 0.1) is 0 Å². The number of benzene rings is 1. The standard InChI is InChI=1S/C24H32N4O2/c1-4-26(19(2)3)18-20-8-10-21(11-9-20)24(30)28-15-13-27(14-16-28)23(29)17-22-7-5-6-12-25-22/h5-12,19H,4,13-18H2,1-3H3. The molecule has 0 spiro atoms. The molecule has 0 unspecified atom stereocenters. The lowest BCUT2D eigenvalue weighted by Crippen LogP contribution is -2.51. The average molecular weight is 409 g/mol. The Kier molecular flexibility index (Phi) is 7.57. The fraction of sp³-hybridized carbons (Fsp3) is 0.458. The Bertz CT molecular complexity index is 828. The number of carbonyl (C=O) groups excluding carboxylic acids is 2. The van der Waals surface area contributed by atoms with Crippen molar-refractivity contribution in [3.63, 3.8) is 0 Å². The van der Waals surface area contributed by atoms with Crippen LogP contribution >= 0.6 is 0 Å². The van der Waals surface area contributed by atoms with Gasteiger partial charge in [0.25, 0.3) is 5.91 Å². The Morgan fingerprint density at radius 3 is 2.23 bits per heavy atom. The van der Waals surface area contributed by atoms with Crippen LogP contribution in [-0.2, 0) is 17.8 Å². The van der Waals surface area contributed by atoms with E-state index < -0.39 is 0 Å². The average Bonchev–Trinajstić information content (AvgIpc) is 2.78. The van der Waals surface area contributed by atoms with Crippen LogP contribution in [0.1, 0.15) is 42.4 Å². The molecule has 1 aromatic heterocycles. The molecule has 0 aliphatic carbocycles. The molecule has 1 aliphatic heterocycles. The number of hydrogen-bond acceptors (Lipinski definition) is 4. The van der Waals surface area contributed by atoms with Gasteiger partial charge in [-0.05, 0) is 50.2 Å². The predicted molar refractivity (Wildman–Crippen MR) is 118 cm³/mol. The maximum atomic E-state index is 12.9. The largest absolute Gasteiger partial charge is 0.339 e. The van der Waals surface area contributed by atoms with Crippen molar-refractivity contribution >= 4 is 11.8 Å². The Hall–Kier alpha value is -2.73. The summed E-state index contributed by atoms with van der Waals surface area (Å²) in [6, 6.07) is 14.0. The normalized spacial score (nSPS) is 14.4. The highest BCUT2D eigenvalue weighted by molar-refractivity contribution is 5.94. The van der Waals surface area contributed by atoms with Gasteiger partial charge in [-0.25, -0.2) is 0 Å². The second-order valence-electron chi connectivity index (χ2n) is 8.02. The summed E-state index contributed by atoms with van der Waals surface area (Å²) in [6.45, 7) is 10.7. The Morgan fingerprint density at radius 1 is 1.00 bits per heavy atom. The van der Waals surface area contributed by atoms with E-state index in [1.165, 1.54) is 5.56 Å². The SMILES string of the molecule is CCN(Cc1ccc(C(=O)N2CCN(C(=O)Cc3ccccn3)CC2)cc1)C(C)C. The van der Waals surface area contributed by atoms with Crippen LogP contribution < -0.4 is 0 Å². The van der Waals surface area contributed by atoms with Crippen molar-refractivity contribution in [3.05, 3.63) is 65.5 Å². The van der Waals surface area contributed by atoms with Crippen LogP contribution in [0.2, 0.25) is 0 Å². The highest BCUT2D eigenvalue weighted by Crippen LogP contribution is 2.13. The molecular weight excluding hydrogens is 376 g/mol. The van der Waals surface area contributed by atoms with Crippen LogP contribution in [0.3, 0.4) is 0 Å². The fourth-order valence-corrected chi connectivity index (χ4v) is 3.76. The summed E-state index contributed by atoms with van der Waals surface area (Å²) in [7, 11) is 0. The molecule has 30 heavy (non-hydrogen) atoms. The molecule has 2 aromatic rings. The molecule has 0 atom stereocenters. The molecule has 3 rings (SSSR count). The molecule has 0 radical (unpaired) electrons. The summed E-state index contributed by atoms with van der Waals surface area (Å²) in [5.41, 5.74) is 2.70. The third-order valence-corrected chi connectivity index (χ3v) is 5.70. The van der Waals surface area contributed by atoms with Crippen LogP contribution in [-0.4, -0.2) is 70.3 Å². The zero-order valence-electron chi connectivity index (χ0n) is 18.3. The van der Waals surface area contributed by atoms with Gasteiger partial charge in [0.2, 0.25) is 5.91 Å². The Balaban J connectivity index is 1.51. The number of amides is 2. The second-order valence-corrected chi connectivity index (χ2v) is 8.02. The van der Waals surface area contributed by atoms with Gasteiger partial charge in [-0.1, -0.05) is 25.1 Å². The first kappa shape index (κ1) is 22.0. The first-order chi connectivity index (χ1) is 14.5. The van der Waals surface area contributed by atoms with Gasteiger partial charge in [-0.2, -0.15) is 0 Å². The van der Waals surface area contributed by atoms with Gasteiger partial charge < -0.3 is 9.80 Å². The first-order valence-corrected chi connectivity index (χ1v) is 10.8. The number of nitrogens with zero attached hydrogens (tertiary/aromatic N) is 4. The summed E-state index contributed by atoms with van der Waals surface area (Å²) < 4.78 is 0. The lowest BCUT2D eigenvalue weighted by atomic mass is 10.1. The van der Waals surface area contributed by atoms with E-state index in [4.69, 9.17) is 0 Å². The number of carbonyl (C=O) groups is 2. The summed E-state index contributed by atoms with van der Waals surface area (Å²) in [4.78, 5) is 35.6. The number of aromatic nitrogens is 1. The monoisotopic (exact) mass is 408 g/mol. The van der Waals surface area contributed by atoms with Crippen LogP contribution in [0.25, 0.3) is 0 Å². The van der Waals surface area contributed by atoms with Gasteiger partial charge in [0.05, 0.1) is 6.42 Å². The van der Waals surface area contributed by atoms with Crippen molar-refractivity contribution in [2.45, 2.75) is 39.8 Å². The quantitative estimate of drug-likeness (QED) is 0.707. The molecule has 160 valence electrons. The molecule has 1 fully saturated rings. The van der Waals surface area contributed by atoms with Gasteiger partial charge in [0.1, 0.15) is 0 Å². The molecule has 1 saturated heterocycles. The van der Waals surface area contributed by atoms with Crippen LogP contribution in [0.4, 0.5) is 0 Å². The van der Waals surface area contributed by atoms with E-state index in [0.29, 0.717) is 44.2 Å². The molecule has 2 heterocycles. The Labute approximate surface area is 179 Å². The van der Waals surface area contributed by atoms with Crippen molar-refractivity contribution in [1.29, 1.82) is 0 Å². The molecule has 1 aliphatic rings. The second kappa shape index (κ2) is 10.3. The predicted octanol–water partition coefficient (Wildman–Crippen LogP) is 2.84. The zero-order valence-corrected chi connectivity index (χ0v) is 18.3. The third kappa shape index (κ3) is 5.66. The number of pyridine rings is 1. The van der Waals surface area contributed by atoms with Crippen molar-refractivity contribution in [3.8, 4) is 0 Å². The summed E-state index contributed by atoms with van der Waals surface area (Å²) in [5.74, 6) is 0.102. The molecule has 1 aromatic carbocycles. The number of piperazine rings is 1. The lowest BCUT2D eigenvalue weighted by Gasteiger charge is -2.35.